The molecule has 0 atom stereocenters. The number of hydrogen-bond donors (Lipinski definition) is 1. The third kappa shape index (κ3) is 5.71. The van der Waals surface area contributed by atoms with Crippen molar-refractivity contribution in [3.05, 3.63) is 59.5 Å². The first-order valence-corrected chi connectivity index (χ1v) is 10.8. The van der Waals surface area contributed by atoms with Gasteiger partial charge in [0.15, 0.2) is 0 Å². The van der Waals surface area contributed by atoms with Crippen LogP contribution in [0.15, 0.2) is 42.6 Å². The van der Waals surface area contributed by atoms with Crippen molar-refractivity contribution in [1.82, 2.24) is 25.0 Å². The molecule has 3 heterocycles. The fourth-order valence-electron chi connectivity index (χ4n) is 4.31. The number of likely N-dealkylation sites (tertiary alicyclic amines) is 1. The smallest absolute Gasteiger partial charge is 0.252 e. The molecule has 31 heavy (non-hydrogen) atoms. The maximum Gasteiger partial charge on any atom is 0.252 e. The van der Waals surface area contributed by atoms with Crippen molar-refractivity contribution in [2.45, 2.75) is 52.1 Å². The largest absolute Gasteiger partial charge is 0.346 e. The van der Waals surface area contributed by atoms with Gasteiger partial charge in [-0.15, -0.1) is 17.0 Å². The number of piperidine rings is 1. The summed E-state index contributed by atoms with van der Waals surface area (Å²) in [6.45, 7) is 9.87. The summed E-state index contributed by atoms with van der Waals surface area (Å²) in [5.74, 6) is -0.0472. The van der Waals surface area contributed by atoms with Gasteiger partial charge in [0.2, 0.25) is 0 Å². The summed E-state index contributed by atoms with van der Waals surface area (Å²) < 4.78 is 1.90. The SMILES string of the molecule is Br.Cc1ccnn1Cc1cc(C(=O)NC(C)(C)CN2CCCCC2)c2ccccc2n1. The van der Waals surface area contributed by atoms with Gasteiger partial charge in [-0.05, 0) is 64.9 Å². The Kier molecular flexibility index (Phi) is 7.49. The number of amides is 1. The van der Waals surface area contributed by atoms with Crippen LogP contribution in [0.1, 0.15) is 54.9 Å². The van der Waals surface area contributed by atoms with Gasteiger partial charge in [-0.3, -0.25) is 14.5 Å². The molecule has 0 aliphatic carbocycles. The molecule has 0 unspecified atom stereocenters. The van der Waals surface area contributed by atoms with Crippen molar-refractivity contribution >= 4 is 33.8 Å². The Morgan fingerprint density at radius 2 is 1.87 bits per heavy atom. The predicted octanol–water partition coefficient (Wildman–Crippen LogP) is 4.36. The number of para-hydroxylation sites is 1. The molecule has 1 saturated heterocycles. The molecule has 6 nitrogen and oxygen atoms in total. The number of carbonyl (C=O) groups excluding carboxylic acids is 1. The number of hydrogen-bond acceptors (Lipinski definition) is 4. The minimum Gasteiger partial charge on any atom is -0.346 e. The molecule has 0 radical (unpaired) electrons. The molecule has 4 rings (SSSR count). The van der Waals surface area contributed by atoms with Gasteiger partial charge in [0, 0.05) is 29.4 Å². The van der Waals surface area contributed by atoms with E-state index >= 15 is 0 Å². The Bertz CT molecular complexity index is 1040. The minimum absolute atomic E-state index is 0. The molecular formula is C24H32BrN5O. The maximum absolute atomic E-state index is 13.4. The summed E-state index contributed by atoms with van der Waals surface area (Å²) in [6.07, 6.45) is 5.59. The van der Waals surface area contributed by atoms with E-state index in [1.54, 1.807) is 6.20 Å². The van der Waals surface area contributed by atoms with Gasteiger partial charge < -0.3 is 10.2 Å². The van der Waals surface area contributed by atoms with E-state index in [0.717, 1.165) is 41.9 Å². The molecule has 1 amide bonds. The number of nitrogens with one attached hydrogen (secondary N) is 1. The normalized spacial score (nSPS) is 14.9. The van der Waals surface area contributed by atoms with Crippen LogP contribution in [0.3, 0.4) is 0 Å². The maximum atomic E-state index is 13.4. The van der Waals surface area contributed by atoms with E-state index in [0.29, 0.717) is 12.1 Å². The van der Waals surface area contributed by atoms with Gasteiger partial charge in [0.1, 0.15) is 0 Å². The van der Waals surface area contributed by atoms with Crippen LogP contribution in [-0.2, 0) is 6.54 Å². The van der Waals surface area contributed by atoms with Crippen molar-refractivity contribution < 1.29 is 4.79 Å². The van der Waals surface area contributed by atoms with Crippen molar-refractivity contribution in [2.75, 3.05) is 19.6 Å². The monoisotopic (exact) mass is 485 g/mol. The van der Waals surface area contributed by atoms with Gasteiger partial charge in [-0.2, -0.15) is 5.10 Å². The van der Waals surface area contributed by atoms with E-state index in [-0.39, 0.29) is 28.4 Å². The van der Waals surface area contributed by atoms with Gasteiger partial charge in [-0.1, -0.05) is 24.6 Å². The lowest BCUT2D eigenvalue weighted by Gasteiger charge is -2.35. The lowest BCUT2D eigenvalue weighted by molar-refractivity contribution is 0.0879. The summed E-state index contributed by atoms with van der Waals surface area (Å²) >= 11 is 0. The standard InChI is InChI=1S/C24H31N5O.BrH/c1-18-11-12-25-29(18)16-19-15-21(20-9-5-6-10-22(20)26-19)23(30)27-24(2,3)17-28-13-7-4-8-14-28;/h5-6,9-12,15H,4,7-8,13-14,16-17H2,1-3H3,(H,27,30);1H. The Morgan fingerprint density at radius 1 is 1.13 bits per heavy atom. The second-order valence-corrected chi connectivity index (χ2v) is 8.98. The van der Waals surface area contributed by atoms with E-state index in [2.05, 4.69) is 29.2 Å². The predicted molar refractivity (Wildman–Crippen MR) is 130 cm³/mol. The highest BCUT2D eigenvalue weighted by molar-refractivity contribution is 8.93. The highest BCUT2D eigenvalue weighted by Crippen LogP contribution is 2.21. The van der Waals surface area contributed by atoms with Gasteiger partial charge in [-0.25, -0.2) is 0 Å². The molecule has 0 bridgehead atoms. The summed E-state index contributed by atoms with van der Waals surface area (Å²) in [6, 6.07) is 11.7. The topological polar surface area (TPSA) is 63.1 Å². The average Bonchev–Trinajstić information content (AvgIpc) is 3.11. The Balaban J connectivity index is 0.00000272. The van der Waals surface area contributed by atoms with Crippen LogP contribution < -0.4 is 5.32 Å². The first kappa shape index (κ1) is 23.4. The van der Waals surface area contributed by atoms with E-state index < -0.39 is 0 Å². The summed E-state index contributed by atoms with van der Waals surface area (Å²) in [4.78, 5) is 20.6. The molecule has 3 aromatic rings. The number of pyridine rings is 1. The second-order valence-electron chi connectivity index (χ2n) is 8.98. The highest BCUT2D eigenvalue weighted by Gasteiger charge is 2.26. The zero-order valence-corrected chi connectivity index (χ0v) is 20.3. The molecule has 1 aliphatic heterocycles. The molecule has 1 fully saturated rings. The first-order chi connectivity index (χ1) is 14.4. The van der Waals surface area contributed by atoms with E-state index in [1.807, 2.05) is 48.0 Å². The molecule has 166 valence electrons. The molecule has 0 saturated carbocycles. The Hall–Kier alpha value is -2.25. The van der Waals surface area contributed by atoms with Gasteiger partial charge in [0.25, 0.3) is 5.91 Å². The first-order valence-electron chi connectivity index (χ1n) is 10.8. The number of halogens is 1. The van der Waals surface area contributed by atoms with E-state index in [9.17, 15) is 4.79 Å². The zero-order chi connectivity index (χ0) is 21.1. The van der Waals surface area contributed by atoms with Crippen LogP contribution in [0.4, 0.5) is 0 Å². The number of benzene rings is 1. The summed E-state index contributed by atoms with van der Waals surface area (Å²) in [5, 5.41) is 8.52. The molecule has 1 N–H and O–H groups in total. The number of rotatable bonds is 6. The van der Waals surface area contributed by atoms with Crippen LogP contribution in [0.25, 0.3) is 10.9 Å². The van der Waals surface area contributed by atoms with Crippen LogP contribution >= 0.6 is 17.0 Å². The minimum atomic E-state index is -0.308. The fraction of sp³-hybridized carbons (Fsp3) is 0.458. The molecule has 0 spiro atoms. The molecular weight excluding hydrogens is 454 g/mol. The molecule has 1 aromatic carbocycles. The van der Waals surface area contributed by atoms with Crippen LogP contribution in [0.2, 0.25) is 0 Å². The number of aromatic nitrogens is 3. The van der Waals surface area contributed by atoms with Gasteiger partial charge in [0.05, 0.1) is 23.3 Å². The van der Waals surface area contributed by atoms with E-state index in [4.69, 9.17) is 4.98 Å². The quantitative estimate of drug-likeness (QED) is 0.563. The van der Waals surface area contributed by atoms with E-state index in [1.165, 1.54) is 19.3 Å². The van der Waals surface area contributed by atoms with Crippen molar-refractivity contribution in [2.24, 2.45) is 0 Å². The van der Waals surface area contributed by atoms with Crippen LogP contribution in [0, 0.1) is 6.92 Å². The Morgan fingerprint density at radius 3 is 2.58 bits per heavy atom. The number of aryl methyl sites for hydroxylation is 1. The van der Waals surface area contributed by atoms with Crippen molar-refractivity contribution in [3.8, 4) is 0 Å². The van der Waals surface area contributed by atoms with Crippen LogP contribution in [-0.4, -0.2) is 50.7 Å². The zero-order valence-electron chi connectivity index (χ0n) is 18.6. The highest BCUT2D eigenvalue weighted by atomic mass is 79.9. The molecule has 7 heteroatoms. The third-order valence-electron chi connectivity index (χ3n) is 5.77. The Labute approximate surface area is 194 Å². The lowest BCUT2D eigenvalue weighted by Crippen LogP contribution is -2.52. The van der Waals surface area contributed by atoms with Crippen molar-refractivity contribution in [3.63, 3.8) is 0 Å². The van der Waals surface area contributed by atoms with Crippen molar-refractivity contribution in [1.29, 1.82) is 0 Å². The number of carbonyl (C=O) groups is 1. The average molecular weight is 486 g/mol. The molecule has 1 aliphatic rings. The van der Waals surface area contributed by atoms with Gasteiger partial charge >= 0.3 is 0 Å². The molecule has 2 aromatic heterocycles. The summed E-state index contributed by atoms with van der Waals surface area (Å²) in [5.41, 5.74) is 3.10. The van der Waals surface area contributed by atoms with Crippen LogP contribution in [0.5, 0.6) is 0 Å². The second kappa shape index (κ2) is 9.92. The fourth-order valence-corrected chi connectivity index (χ4v) is 4.31. The number of nitrogens with zero attached hydrogens (tertiary/aromatic N) is 4. The third-order valence-corrected chi connectivity index (χ3v) is 5.77. The summed E-state index contributed by atoms with van der Waals surface area (Å²) in [7, 11) is 0. The lowest BCUT2D eigenvalue weighted by atomic mass is 10.0. The number of fused-ring (bicyclic) bond motifs is 1.